The summed E-state index contributed by atoms with van der Waals surface area (Å²) in [6.45, 7) is 8.90. The maximum atomic E-state index is 11.1. The topological polar surface area (TPSA) is 93.1 Å². The molecule has 1 rings (SSSR count). The number of carboxylic acid groups (broad SMARTS) is 2. The Labute approximate surface area is 167 Å². The molecule has 6 heteroatoms. The molecule has 0 unspecified atom stereocenters. The van der Waals surface area contributed by atoms with Crippen LogP contribution in [-0.2, 0) is 32.3 Å². The molecule has 2 N–H and O–H groups in total. The van der Waals surface area contributed by atoms with Crippen LogP contribution in [0.3, 0.4) is 0 Å². The zero-order chi connectivity index (χ0) is 21.2. The highest BCUT2D eigenvalue weighted by Gasteiger charge is 2.26. The summed E-state index contributed by atoms with van der Waals surface area (Å²) in [4.78, 5) is 22.1. The van der Waals surface area contributed by atoms with Gasteiger partial charge in [0.1, 0.15) is 0 Å². The van der Waals surface area contributed by atoms with Gasteiger partial charge in [0.2, 0.25) is 0 Å². The molecule has 0 saturated heterocycles. The van der Waals surface area contributed by atoms with Crippen molar-refractivity contribution in [2.75, 3.05) is 13.2 Å². The Balaban J connectivity index is 2.27. The number of hydrogen-bond acceptors (Lipinski definition) is 4. The molecule has 0 aliphatic heterocycles. The maximum absolute atomic E-state index is 11.1. The van der Waals surface area contributed by atoms with Gasteiger partial charge in [-0.3, -0.25) is 9.59 Å². The first-order valence-corrected chi connectivity index (χ1v) is 9.75. The smallest absolute Gasteiger partial charge is 0.309 e. The van der Waals surface area contributed by atoms with Crippen LogP contribution < -0.4 is 0 Å². The van der Waals surface area contributed by atoms with E-state index in [0.717, 1.165) is 11.1 Å². The molecule has 0 bridgehead atoms. The minimum absolute atomic E-state index is 0.480. The van der Waals surface area contributed by atoms with Crippen LogP contribution in [-0.4, -0.2) is 35.4 Å². The van der Waals surface area contributed by atoms with Gasteiger partial charge in [0.05, 0.1) is 24.0 Å². The van der Waals surface area contributed by atoms with Crippen LogP contribution in [0, 0.1) is 10.8 Å². The van der Waals surface area contributed by atoms with Gasteiger partial charge in [-0.05, 0) is 64.5 Å². The second-order valence-electron chi connectivity index (χ2n) is 8.51. The van der Waals surface area contributed by atoms with Gasteiger partial charge in [-0.15, -0.1) is 0 Å². The third-order valence-electron chi connectivity index (χ3n) is 4.87. The van der Waals surface area contributed by atoms with Crippen LogP contribution >= 0.6 is 0 Å². The number of ether oxygens (including phenoxy) is 2. The summed E-state index contributed by atoms with van der Waals surface area (Å²) in [7, 11) is 0. The number of carbonyl (C=O) groups is 2. The minimum Gasteiger partial charge on any atom is -0.481 e. The van der Waals surface area contributed by atoms with E-state index in [9.17, 15) is 9.59 Å². The van der Waals surface area contributed by atoms with E-state index < -0.39 is 22.8 Å². The largest absolute Gasteiger partial charge is 0.481 e. The van der Waals surface area contributed by atoms with Crippen molar-refractivity contribution >= 4 is 11.9 Å². The molecule has 1 aromatic rings. The predicted octanol–water partition coefficient (Wildman–Crippen LogP) is 4.50. The zero-order valence-corrected chi connectivity index (χ0v) is 17.5. The lowest BCUT2D eigenvalue weighted by atomic mass is 9.88. The Morgan fingerprint density at radius 3 is 1.57 bits per heavy atom. The molecule has 1 aromatic carbocycles. The number of benzene rings is 1. The van der Waals surface area contributed by atoms with Gasteiger partial charge in [-0.2, -0.15) is 0 Å². The molecule has 0 amide bonds. The predicted molar refractivity (Wildman–Crippen MR) is 107 cm³/mol. The molecule has 0 aromatic heterocycles. The molecule has 6 nitrogen and oxygen atoms in total. The van der Waals surface area contributed by atoms with Gasteiger partial charge in [0, 0.05) is 13.2 Å². The molecule has 158 valence electrons. The minimum atomic E-state index is -0.785. The first-order valence-electron chi connectivity index (χ1n) is 9.75. The standard InChI is InChI=1S/C22H34O6/c1-21(2,19(23)24)10-6-12-27-15-17-8-5-9-18(14-17)16-28-13-7-11-22(3,4)20(25)26/h5,8-9,14H,6-7,10-13,15-16H2,1-4H3,(H,23,24)(H,25,26). The average Bonchev–Trinajstić information content (AvgIpc) is 2.61. The summed E-state index contributed by atoms with van der Waals surface area (Å²) < 4.78 is 11.3. The van der Waals surface area contributed by atoms with E-state index in [0.29, 0.717) is 52.1 Å². The average molecular weight is 395 g/mol. The third kappa shape index (κ3) is 8.85. The highest BCUT2D eigenvalue weighted by atomic mass is 16.5. The Bertz CT molecular complexity index is 584. The SMILES string of the molecule is CC(C)(CCCOCc1cccc(COCCCC(C)(C)C(=O)O)c1)C(=O)O. The van der Waals surface area contributed by atoms with Crippen molar-refractivity contribution in [3.05, 3.63) is 35.4 Å². The first kappa shape index (κ1) is 24.1. The van der Waals surface area contributed by atoms with Crippen molar-refractivity contribution in [3.8, 4) is 0 Å². The Morgan fingerprint density at radius 1 is 0.821 bits per heavy atom. The first-order chi connectivity index (χ1) is 13.0. The van der Waals surface area contributed by atoms with Crippen LogP contribution in [0.4, 0.5) is 0 Å². The molecule has 0 atom stereocenters. The molecular weight excluding hydrogens is 360 g/mol. The zero-order valence-electron chi connectivity index (χ0n) is 17.5. The van der Waals surface area contributed by atoms with Crippen LogP contribution in [0.1, 0.15) is 64.5 Å². The maximum Gasteiger partial charge on any atom is 0.309 e. The number of carboxylic acids is 2. The van der Waals surface area contributed by atoms with Gasteiger partial charge in [-0.1, -0.05) is 24.3 Å². The van der Waals surface area contributed by atoms with E-state index >= 15 is 0 Å². The Morgan fingerprint density at radius 2 is 1.21 bits per heavy atom. The fraction of sp³-hybridized carbons (Fsp3) is 0.636. The lowest BCUT2D eigenvalue weighted by Gasteiger charge is -2.18. The van der Waals surface area contributed by atoms with Crippen molar-refractivity contribution < 1.29 is 29.3 Å². The van der Waals surface area contributed by atoms with Gasteiger partial charge >= 0.3 is 11.9 Å². The van der Waals surface area contributed by atoms with Crippen molar-refractivity contribution in [2.45, 2.75) is 66.6 Å². The summed E-state index contributed by atoms with van der Waals surface area (Å²) in [5, 5.41) is 18.2. The van der Waals surface area contributed by atoms with Crippen molar-refractivity contribution in [2.24, 2.45) is 10.8 Å². The number of rotatable bonds is 14. The van der Waals surface area contributed by atoms with E-state index in [-0.39, 0.29) is 0 Å². The number of hydrogen-bond donors (Lipinski definition) is 2. The fourth-order valence-electron chi connectivity index (χ4n) is 2.64. The summed E-state index contributed by atoms with van der Waals surface area (Å²) in [6.07, 6.45) is 2.56. The molecule has 0 fully saturated rings. The quantitative estimate of drug-likeness (QED) is 0.451. The lowest BCUT2D eigenvalue weighted by molar-refractivity contribution is -0.148. The highest BCUT2D eigenvalue weighted by Crippen LogP contribution is 2.23. The fourth-order valence-corrected chi connectivity index (χ4v) is 2.64. The summed E-state index contributed by atoms with van der Waals surface area (Å²) in [5.41, 5.74) is 0.650. The molecule has 0 heterocycles. The van der Waals surface area contributed by atoms with Crippen molar-refractivity contribution in [1.82, 2.24) is 0 Å². The monoisotopic (exact) mass is 394 g/mol. The second-order valence-corrected chi connectivity index (χ2v) is 8.51. The Hall–Kier alpha value is -1.92. The van der Waals surface area contributed by atoms with E-state index in [1.807, 2.05) is 24.3 Å². The highest BCUT2D eigenvalue weighted by molar-refractivity contribution is 5.73. The summed E-state index contributed by atoms with van der Waals surface area (Å²) in [6, 6.07) is 7.96. The van der Waals surface area contributed by atoms with Crippen LogP contribution in [0.2, 0.25) is 0 Å². The molecular formula is C22H34O6. The molecule has 0 saturated carbocycles. The van der Waals surface area contributed by atoms with Gasteiger partial charge < -0.3 is 19.7 Å². The molecule has 0 spiro atoms. The van der Waals surface area contributed by atoms with Crippen LogP contribution in [0.15, 0.2) is 24.3 Å². The normalized spacial score (nSPS) is 12.1. The van der Waals surface area contributed by atoms with E-state index in [1.54, 1.807) is 27.7 Å². The van der Waals surface area contributed by atoms with Crippen LogP contribution in [0.5, 0.6) is 0 Å². The third-order valence-corrected chi connectivity index (χ3v) is 4.87. The van der Waals surface area contributed by atoms with Crippen LogP contribution in [0.25, 0.3) is 0 Å². The molecule has 28 heavy (non-hydrogen) atoms. The Kier molecular flexibility index (Phi) is 9.62. The molecule has 0 aliphatic carbocycles. The molecule has 0 aliphatic rings. The van der Waals surface area contributed by atoms with Crippen molar-refractivity contribution in [3.63, 3.8) is 0 Å². The van der Waals surface area contributed by atoms with Gasteiger partial charge in [0.25, 0.3) is 0 Å². The van der Waals surface area contributed by atoms with E-state index in [4.69, 9.17) is 19.7 Å². The van der Waals surface area contributed by atoms with E-state index in [1.165, 1.54) is 0 Å². The van der Waals surface area contributed by atoms with Gasteiger partial charge in [0.15, 0.2) is 0 Å². The summed E-state index contributed by atoms with van der Waals surface area (Å²) >= 11 is 0. The number of aliphatic carboxylic acids is 2. The second kappa shape index (κ2) is 11.2. The lowest BCUT2D eigenvalue weighted by Crippen LogP contribution is -2.23. The van der Waals surface area contributed by atoms with E-state index in [2.05, 4.69) is 0 Å². The van der Waals surface area contributed by atoms with Gasteiger partial charge in [-0.25, -0.2) is 0 Å². The van der Waals surface area contributed by atoms with Crippen molar-refractivity contribution in [1.29, 1.82) is 0 Å². The molecule has 0 radical (unpaired) electrons. The summed E-state index contributed by atoms with van der Waals surface area (Å²) in [5.74, 6) is -1.57.